The Morgan fingerprint density at radius 3 is 2.53 bits per heavy atom. The molecular formula is C13H25NO. The molecule has 2 fully saturated rings. The van der Waals surface area contributed by atoms with Crippen LogP contribution in [0, 0.1) is 11.3 Å². The van der Waals surface area contributed by atoms with Crippen molar-refractivity contribution in [2.24, 2.45) is 11.3 Å². The lowest BCUT2D eigenvalue weighted by Gasteiger charge is -2.42. The van der Waals surface area contributed by atoms with E-state index in [1.807, 2.05) is 0 Å². The average molecular weight is 211 g/mol. The van der Waals surface area contributed by atoms with Crippen molar-refractivity contribution in [3.63, 3.8) is 0 Å². The SMILES string of the molecule is CCC(C)C1(CNC2CC2)CCOCC1. The molecule has 1 saturated carbocycles. The zero-order valence-electron chi connectivity index (χ0n) is 10.2. The van der Waals surface area contributed by atoms with Crippen LogP contribution < -0.4 is 5.32 Å². The van der Waals surface area contributed by atoms with Gasteiger partial charge in [-0.3, -0.25) is 0 Å². The number of nitrogens with one attached hydrogen (secondary N) is 1. The third-order valence-corrected chi connectivity index (χ3v) is 4.47. The maximum Gasteiger partial charge on any atom is 0.0471 e. The van der Waals surface area contributed by atoms with Crippen LogP contribution in [-0.4, -0.2) is 25.8 Å². The summed E-state index contributed by atoms with van der Waals surface area (Å²) >= 11 is 0. The number of ether oxygens (including phenoxy) is 1. The van der Waals surface area contributed by atoms with E-state index in [0.717, 1.165) is 25.2 Å². The van der Waals surface area contributed by atoms with Crippen LogP contribution in [0.3, 0.4) is 0 Å². The Balaban J connectivity index is 1.92. The molecule has 15 heavy (non-hydrogen) atoms. The molecule has 2 rings (SSSR count). The van der Waals surface area contributed by atoms with Crippen molar-refractivity contribution < 1.29 is 4.74 Å². The van der Waals surface area contributed by atoms with Crippen molar-refractivity contribution in [2.45, 2.75) is 52.0 Å². The number of hydrogen-bond acceptors (Lipinski definition) is 2. The molecule has 0 aromatic carbocycles. The minimum absolute atomic E-state index is 0.523. The van der Waals surface area contributed by atoms with Gasteiger partial charge in [0.15, 0.2) is 0 Å². The molecule has 1 saturated heterocycles. The Morgan fingerprint density at radius 2 is 2.00 bits per heavy atom. The molecule has 2 nitrogen and oxygen atoms in total. The fraction of sp³-hybridized carbons (Fsp3) is 1.00. The number of hydrogen-bond donors (Lipinski definition) is 1. The molecule has 1 aliphatic carbocycles. The van der Waals surface area contributed by atoms with Crippen molar-refractivity contribution in [1.82, 2.24) is 5.32 Å². The van der Waals surface area contributed by atoms with Gasteiger partial charge in [-0.15, -0.1) is 0 Å². The molecule has 1 unspecified atom stereocenters. The van der Waals surface area contributed by atoms with Crippen LogP contribution in [0.4, 0.5) is 0 Å². The highest BCUT2D eigenvalue weighted by Crippen LogP contribution is 2.40. The number of rotatable bonds is 5. The molecule has 0 aromatic rings. The first-order chi connectivity index (χ1) is 7.27. The van der Waals surface area contributed by atoms with E-state index in [1.165, 1.54) is 38.6 Å². The minimum Gasteiger partial charge on any atom is -0.381 e. The van der Waals surface area contributed by atoms with Crippen molar-refractivity contribution in [3.8, 4) is 0 Å². The summed E-state index contributed by atoms with van der Waals surface area (Å²) in [6.07, 6.45) is 6.59. The molecule has 1 atom stereocenters. The van der Waals surface area contributed by atoms with Crippen LogP contribution in [0.15, 0.2) is 0 Å². The maximum absolute atomic E-state index is 5.51. The summed E-state index contributed by atoms with van der Waals surface area (Å²) in [5.74, 6) is 0.827. The Bertz CT molecular complexity index is 195. The lowest BCUT2D eigenvalue weighted by atomic mass is 9.69. The predicted molar refractivity (Wildman–Crippen MR) is 63.0 cm³/mol. The molecular weight excluding hydrogens is 186 g/mol. The van der Waals surface area contributed by atoms with Gasteiger partial charge in [-0.2, -0.15) is 0 Å². The summed E-state index contributed by atoms with van der Waals surface area (Å²) < 4.78 is 5.51. The standard InChI is InChI=1S/C13H25NO/c1-3-11(2)13(6-8-15-9-7-13)10-14-12-4-5-12/h11-12,14H,3-10H2,1-2H3. The van der Waals surface area contributed by atoms with Gasteiger partial charge in [-0.05, 0) is 37.0 Å². The van der Waals surface area contributed by atoms with Crippen LogP contribution in [0.25, 0.3) is 0 Å². The lowest BCUT2D eigenvalue weighted by Crippen LogP contribution is -2.44. The molecule has 2 aliphatic rings. The van der Waals surface area contributed by atoms with Crippen molar-refractivity contribution >= 4 is 0 Å². The summed E-state index contributed by atoms with van der Waals surface area (Å²) in [5, 5.41) is 3.73. The average Bonchev–Trinajstić information content (AvgIpc) is 3.10. The molecule has 1 N–H and O–H groups in total. The molecule has 0 radical (unpaired) electrons. The largest absolute Gasteiger partial charge is 0.381 e. The molecule has 0 spiro atoms. The van der Waals surface area contributed by atoms with Gasteiger partial charge < -0.3 is 10.1 Å². The highest BCUT2D eigenvalue weighted by atomic mass is 16.5. The normalized spacial score (nSPS) is 27.6. The van der Waals surface area contributed by atoms with E-state index < -0.39 is 0 Å². The zero-order valence-corrected chi connectivity index (χ0v) is 10.2. The van der Waals surface area contributed by atoms with E-state index in [9.17, 15) is 0 Å². The van der Waals surface area contributed by atoms with Crippen molar-refractivity contribution in [2.75, 3.05) is 19.8 Å². The third kappa shape index (κ3) is 2.73. The second-order valence-electron chi connectivity index (χ2n) is 5.44. The Kier molecular flexibility index (Phi) is 3.68. The van der Waals surface area contributed by atoms with E-state index in [-0.39, 0.29) is 0 Å². The smallest absolute Gasteiger partial charge is 0.0471 e. The van der Waals surface area contributed by atoms with Crippen LogP contribution in [0.1, 0.15) is 46.0 Å². The van der Waals surface area contributed by atoms with Gasteiger partial charge in [-0.1, -0.05) is 20.3 Å². The van der Waals surface area contributed by atoms with Gasteiger partial charge in [0.25, 0.3) is 0 Å². The van der Waals surface area contributed by atoms with Gasteiger partial charge in [0, 0.05) is 25.8 Å². The van der Waals surface area contributed by atoms with E-state index in [0.29, 0.717) is 5.41 Å². The van der Waals surface area contributed by atoms with Gasteiger partial charge in [-0.25, -0.2) is 0 Å². The highest BCUT2D eigenvalue weighted by molar-refractivity contribution is 4.91. The summed E-state index contributed by atoms with van der Waals surface area (Å²) in [6.45, 7) is 7.89. The minimum atomic E-state index is 0.523. The molecule has 0 aromatic heterocycles. The first kappa shape index (κ1) is 11.4. The van der Waals surface area contributed by atoms with Crippen LogP contribution in [0.5, 0.6) is 0 Å². The fourth-order valence-electron chi connectivity index (χ4n) is 2.69. The van der Waals surface area contributed by atoms with E-state index in [4.69, 9.17) is 4.74 Å². The molecule has 1 aliphatic heterocycles. The Labute approximate surface area is 93.8 Å². The third-order valence-electron chi connectivity index (χ3n) is 4.47. The highest BCUT2D eigenvalue weighted by Gasteiger charge is 2.38. The summed E-state index contributed by atoms with van der Waals surface area (Å²) in [6, 6.07) is 0.841. The topological polar surface area (TPSA) is 21.3 Å². The maximum atomic E-state index is 5.51. The van der Waals surface area contributed by atoms with Gasteiger partial charge in [0.2, 0.25) is 0 Å². The van der Waals surface area contributed by atoms with Crippen LogP contribution >= 0.6 is 0 Å². The Hall–Kier alpha value is -0.0800. The second kappa shape index (κ2) is 4.84. The summed E-state index contributed by atoms with van der Waals surface area (Å²) in [5.41, 5.74) is 0.523. The van der Waals surface area contributed by atoms with Gasteiger partial charge in [0.1, 0.15) is 0 Å². The van der Waals surface area contributed by atoms with Crippen molar-refractivity contribution in [1.29, 1.82) is 0 Å². The summed E-state index contributed by atoms with van der Waals surface area (Å²) in [4.78, 5) is 0. The van der Waals surface area contributed by atoms with Crippen molar-refractivity contribution in [3.05, 3.63) is 0 Å². The molecule has 1 heterocycles. The monoisotopic (exact) mass is 211 g/mol. The van der Waals surface area contributed by atoms with Crippen LogP contribution in [0.2, 0.25) is 0 Å². The van der Waals surface area contributed by atoms with E-state index in [1.54, 1.807) is 0 Å². The van der Waals surface area contributed by atoms with E-state index >= 15 is 0 Å². The van der Waals surface area contributed by atoms with Gasteiger partial charge >= 0.3 is 0 Å². The first-order valence-corrected chi connectivity index (χ1v) is 6.58. The fourth-order valence-corrected chi connectivity index (χ4v) is 2.69. The zero-order chi connectivity index (χ0) is 10.7. The first-order valence-electron chi connectivity index (χ1n) is 6.58. The molecule has 0 amide bonds. The summed E-state index contributed by atoms with van der Waals surface area (Å²) in [7, 11) is 0. The second-order valence-corrected chi connectivity index (χ2v) is 5.44. The van der Waals surface area contributed by atoms with Gasteiger partial charge in [0.05, 0.1) is 0 Å². The Morgan fingerprint density at radius 1 is 1.33 bits per heavy atom. The molecule has 0 bridgehead atoms. The molecule has 2 heteroatoms. The molecule has 88 valence electrons. The predicted octanol–water partition coefficient (Wildman–Crippen LogP) is 2.58. The lowest BCUT2D eigenvalue weighted by molar-refractivity contribution is -0.0151. The van der Waals surface area contributed by atoms with E-state index in [2.05, 4.69) is 19.2 Å². The quantitative estimate of drug-likeness (QED) is 0.754. The van der Waals surface area contributed by atoms with Crippen LogP contribution in [-0.2, 0) is 4.74 Å².